The lowest BCUT2D eigenvalue weighted by molar-refractivity contribution is 0.616. The van der Waals surface area contributed by atoms with E-state index in [-0.39, 0.29) is 5.56 Å². The molecule has 28 heavy (non-hydrogen) atoms. The molecule has 5 aromatic rings. The quantitative estimate of drug-likeness (QED) is 0.436. The van der Waals surface area contributed by atoms with Crippen molar-refractivity contribution in [2.45, 2.75) is 0 Å². The van der Waals surface area contributed by atoms with Crippen LogP contribution in [-0.4, -0.2) is 15.9 Å². The monoisotopic (exact) mass is 365 g/mol. The van der Waals surface area contributed by atoms with E-state index in [1.54, 1.807) is 12.3 Å². The molecular weight excluding hydrogens is 350 g/mol. The third kappa shape index (κ3) is 2.79. The minimum absolute atomic E-state index is 0.242. The summed E-state index contributed by atoms with van der Waals surface area (Å²) in [7, 11) is 0. The predicted molar refractivity (Wildman–Crippen MR) is 111 cm³/mol. The third-order valence-electron chi connectivity index (χ3n) is 4.52. The first-order chi connectivity index (χ1) is 13.8. The van der Waals surface area contributed by atoms with Crippen molar-refractivity contribution in [3.63, 3.8) is 0 Å². The van der Waals surface area contributed by atoms with Crippen LogP contribution in [0.1, 0.15) is 5.56 Å². The Morgan fingerprint density at radius 3 is 2.50 bits per heavy atom. The van der Waals surface area contributed by atoms with Crippen molar-refractivity contribution in [1.29, 1.82) is 0 Å². The molecule has 5 nitrogen and oxygen atoms in total. The van der Waals surface area contributed by atoms with Crippen LogP contribution in [0.25, 0.3) is 33.5 Å². The van der Waals surface area contributed by atoms with Crippen LogP contribution in [0.5, 0.6) is 0 Å². The van der Waals surface area contributed by atoms with Gasteiger partial charge >= 0.3 is 0 Å². The number of hydrogen-bond donors (Lipinski definition) is 0. The van der Waals surface area contributed by atoms with E-state index in [2.05, 4.69) is 10.1 Å². The highest BCUT2D eigenvalue weighted by Crippen LogP contribution is 2.27. The van der Waals surface area contributed by atoms with Gasteiger partial charge in [-0.25, -0.2) is 4.98 Å². The molecule has 0 saturated heterocycles. The number of benzene rings is 3. The lowest BCUT2D eigenvalue weighted by Crippen LogP contribution is -2.20. The van der Waals surface area contributed by atoms with Gasteiger partial charge < -0.3 is 4.42 Å². The maximum absolute atomic E-state index is 13.1. The van der Waals surface area contributed by atoms with Gasteiger partial charge in [0.15, 0.2) is 5.76 Å². The van der Waals surface area contributed by atoms with Crippen LogP contribution in [0.15, 0.2) is 99.2 Å². The highest BCUT2D eigenvalue weighted by Gasteiger charge is 2.16. The van der Waals surface area contributed by atoms with Crippen molar-refractivity contribution in [2.75, 3.05) is 0 Å². The van der Waals surface area contributed by atoms with E-state index >= 15 is 0 Å². The molecule has 5 heteroatoms. The molecule has 0 aliphatic heterocycles. The van der Waals surface area contributed by atoms with E-state index in [9.17, 15) is 4.79 Å². The van der Waals surface area contributed by atoms with Crippen LogP contribution in [0.2, 0.25) is 0 Å². The van der Waals surface area contributed by atoms with Gasteiger partial charge in [0.2, 0.25) is 5.82 Å². The Morgan fingerprint density at radius 2 is 1.64 bits per heavy atom. The molecule has 2 aromatic heterocycles. The van der Waals surface area contributed by atoms with Crippen molar-refractivity contribution in [3.8, 4) is 11.6 Å². The molecule has 134 valence electrons. The Morgan fingerprint density at radius 1 is 0.893 bits per heavy atom. The van der Waals surface area contributed by atoms with Crippen LogP contribution >= 0.6 is 0 Å². The molecule has 5 rings (SSSR count). The molecule has 0 aliphatic carbocycles. The average molecular weight is 365 g/mol. The molecule has 0 bridgehead atoms. The summed E-state index contributed by atoms with van der Waals surface area (Å²) in [6.45, 7) is 0. The molecule has 2 heterocycles. The predicted octanol–water partition coefficient (Wildman–Crippen LogP) is 4.69. The normalized spacial score (nSPS) is 11.6. The molecular formula is C23H15N3O2. The van der Waals surface area contributed by atoms with Crippen molar-refractivity contribution < 1.29 is 4.42 Å². The smallest absolute Gasteiger partial charge is 0.282 e. The van der Waals surface area contributed by atoms with Crippen LogP contribution < -0.4 is 5.56 Å². The Labute approximate surface area is 160 Å². The van der Waals surface area contributed by atoms with Crippen molar-refractivity contribution in [3.05, 3.63) is 101 Å². The van der Waals surface area contributed by atoms with Gasteiger partial charge in [-0.1, -0.05) is 60.7 Å². The zero-order chi connectivity index (χ0) is 18.9. The lowest BCUT2D eigenvalue weighted by Gasteiger charge is -2.07. The first-order valence-corrected chi connectivity index (χ1v) is 8.90. The van der Waals surface area contributed by atoms with E-state index in [0.29, 0.717) is 22.5 Å². The zero-order valence-corrected chi connectivity index (χ0v) is 14.8. The molecule has 3 aromatic carbocycles. The van der Waals surface area contributed by atoms with Crippen LogP contribution in [0, 0.1) is 0 Å². The largest absolute Gasteiger partial charge is 0.453 e. The fourth-order valence-electron chi connectivity index (χ4n) is 3.15. The van der Waals surface area contributed by atoms with Gasteiger partial charge in [-0.2, -0.15) is 9.78 Å². The molecule has 0 aliphatic rings. The van der Waals surface area contributed by atoms with E-state index in [4.69, 9.17) is 4.42 Å². The van der Waals surface area contributed by atoms with Crippen LogP contribution in [0.4, 0.5) is 0 Å². The second-order valence-electron chi connectivity index (χ2n) is 6.37. The van der Waals surface area contributed by atoms with E-state index in [0.717, 1.165) is 16.5 Å². The number of hydrogen-bond acceptors (Lipinski definition) is 4. The lowest BCUT2D eigenvalue weighted by atomic mass is 10.2. The first-order valence-electron chi connectivity index (χ1n) is 8.90. The summed E-state index contributed by atoms with van der Waals surface area (Å²) in [5.41, 5.74) is 1.99. The second kappa shape index (κ2) is 6.63. The summed E-state index contributed by atoms with van der Waals surface area (Å²) in [5, 5.41) is 5.88. The van der Waals surface area contributed by atoms with Crippen LogP contribution in [-0.2, 0) is 0 Å². The van der Waals surface area contributed by atoms with E-state index in [1.165, 1.54) is 4.68 Å². The van der Waals surface area contributed by atoms with Gasteiger partial charge in [0.25, 0.3) is 5.56 Å². The highest BCUT2D eigenvalue weighted by molar-refractivity contribution is 5.84. The number of para-hydroxylation sites is 2. The fraction of sp³-hybridized carbons (Fsp3) is 0. The molecule has 0 unspecified atom stereocenters. The van der Waals surface area contributed by atoms with E-state index < -0.39 is 0 Å². The molecule has 0 N–H and O–H groups in total. The Balaban J connectivity index is 1.76. The first kappa shape index (κ1) is 16.2. The van der Waals surface area contributed by atoms with Gasteiger partial charge in [-0.15, -0.1) is 0 Å². The number of rotatable bonds is 3. The molecule has 0 fully saturated rings. The maximum Gasteiger partial charge on any atom is 0.282 e. The number of aromatic nitrogens is 2. The van der Waals surface area contributed by atoms with Crippen LogP contribution in [0.3, 0.4) is 0 Å². The number of nitrogens with zero attached hydrogens (tertiary/aromatic N) is 3. The second-order valence-corrected chi connectivity index (χ2v) is 6.37. The van der Waals surface area contributed by atoms with Crippen molar-refractivity contribution >= 4 is 28.1 Å². The van der Waals surface area contributed by atoms with E-state index in [1.807, 2.05) is 78.9 Å². The minimum atomic E-state index is -0.242. The van der Waals surface area contributed by atoms with Gasteiger partial charge in [0.05, 0.1) is 17.1 Å². The van der Waals surface area contributed by atoms with Gasteiger partial charge in [-0.05, 0) is 29.8 Å². The van der Waals surface area contributed by atoms with Gasteiger partial charge in [0, 0.05) is 5.39 Å². The molecule has 0 saturated carbocycles. The summed E-state index contributed by atoms with van der Waals surface area (Å²) in [4.78, 5) is 17.8. The summed E-state index contributed by atoms with van der Waals surface area (Å²) in [5.74, 6) is 0.862. The summed E-state index contributed by atoms with van der Waals surface area (Å²) >= 11 is 0. The molecule has 0 atom stereocenters. The summed E-state index contributed by atoms with van der Waals surface area (Å²) in [6, 6.07) is 26.4. The topological polar surface area (TPSA) is 60.4 Å². The summed E-state index contributed by atoms with van der Waals surface area (Å²) < 4.78 is 7.25. The standard InChI is InChI=1S/C23H15N3O2/c27-23-18-11-5-6-12-19(18)25-22(21-14-17-10-4-7-13-20(17)28-21)26(23)24-15-16-8-2-1-3-9-16/h1-15H. The van der Waals surface area contributed by atoms with Gasteiger partial charge in [0.1, 0.15) is 5.58 Å². The molecule has 0 amide bonds. The van der Waals surface area contributed by atoms with Crippen molar-refractivity contribution in [2.24, 2.45) is 5.10 Å². The Hall–Kier alpha value is -3.99. The SMILES string of the molecule is O=c1c2ccccc2nc(-c2cc3ccccc3o2)n1N=Cc1ccccc1. The third-order valence-corrected chi connectivity index (χ3v) is 4.52. The highest BCUT2D eigenvalue weighted by atomic mass is 16.3. The fourth-order valence-corrected chi connectivity index (χ4v) is 3.15. The zero-order valence-electron chi connectivity index (χ0n) is 14.8. The number of furan rings is 1. The maximum atomic E-state index is 13.1. The van der Waals surface area contributed by atoms with Crippen molar-refractivity contribution in [1.82, 2.24) is 9.66 Å². The molecule has 0 spiro atoms. The summed E-state index contributed by atoms with van der Waals surface area (Å²) in [6.07, 6.45) is 1.64. The van der Waals surface area contributed by atoms with Gasteiger partial charge in [-0.3, -0.25) is 4.79 Å². The minimum Gasteiger partial charge on any atom is -0.453 e. The Bertz CT molecular complexity index is 1350. The number of fused-ring (bicyclic) bond motifs is 2. The average Bonchev–Trinajstić information content (AvgIpc) is 3.18. The molecule has 0 radical (unpaired) electrons. The Kier molecular flexibility index (Phi) is 3.84.